The Morgan fingerprint density at radius 2 is 1.35 bits per heavy atom. The third-order valence-electron chi connectivity index (χ3n) is 5.89. The normalized spacial score (nSPS) is 26.1. The van der Waals surface area contributed by atoms with Crippen molar-refractivity contribution in [3.05, 3.63) is 0 Å². The number of nitrogens with zero attached hydrogens (tertiary/aromatic N) is 1. The van der Waals surface area contributed by atoms with Gasteiger partial charge in [-0.2, -0.15) is 0 Å². The van der Waals surface area contributed by atoms with Crippen LogP contribution in [0, 0.1) is 22.2 Å². The topological polar surface area (TPSA) is 3.24 Å². The lowest BCUT2D eigenvalue weighted by atomic mass is 9.61. The molecule has 1 nitrogen and oxygen atoms in total. The highest BCUT2D eigenvalue weighted by Gasteiger charge is 2.40. The zero-order valence-electron chi connectivity index (χ0n) is 14.9. The fourth-order valence-corrected chi connectivity index (χ4v) is 4.45. The maximum Gasteiger partial charge on any atom is 0.00300 e. The zero-order valence-corrected chi connectivity index (χ0v) is 14.9. The summed E-state index contributed by atoms with van der Waals surface area (Å²) < 4.78 is 0. The molecule has 0 amide bonds. The van der Waals surface area contributed by atoms with Crippen molar-refractivity contribution in [3.63, 3.8) is 0 Å². The van der Waals surface area contributed by atoms with Gasteiger partial charge in [0.25, 0.3) is 0 Å². The molecule has 1 aliphatic heterocycles. The summed E-state index contributed by atoms with van der Waals surface area (Å²) in [5, 5.41) is 0. The largest absolute Gasteiger partial charge is 0.303 e. The number of hydrogen-bond donors (Lipinski definition) is 0. The zero-order chi connectivity index (χ0) is 15.0. The van der Waals surface area contributed by atoms with Crippen LogP contribution >= 0.6 is 0 Å². The van der Waals surface area contributed by atoms with Gasteiger partial charge in [-0.1, -0.05) is 41.5 Å². The SMILES string of the molecule is CC(C)(C)CN1CCC2(CCC(C(C)(C)C)CC2)CC1. The molecule has 1 heterocycles. The Morgan fingerprint density at radius 3 is 1.75 bits per heavy atom. The molecule has 0 radical (unpaired) electrons. The van der Waals surface area contributed by atoms with Crippen molar-refractivity contribution in [1.82, 2.24) is 4.90 Å². The minimum atomic E-state index is 0.453. The van der Waals surface area contributed by atoms with Crippen molar-refractivity contribution in [2.24, 2.45) is 22.2 Å². The highest BCUT2D eigenvalue weighted by Crippen LogP contribution is 2.50. The molecule has 1 aliphatic carbocycles. The summed E-state index contributed by atoms with van der Waals surface area (Å²) in [5.41, 5.74) is 1.69. The Balaban J connectivity index is 1.82. The van der Waals surface area contributed by atoms with E-state index in [1.807, 2.05) is 0 Å². The van der Waals surface area contributed by atoms with Gasteiger partial charge in [0.1, 0.15) is 0 Å². The monoisotopic (exact) mass is 279 g/mol. The molecule has 0 aromatic rings. The van der Waals surface area contributed by atoms with Crippen molar-refractivity contribution in [1.29, 1.82) is 0 Å². The van der Waals surface area contributed by atoms with Gasteiger partial charge >= 0.3 is 0 Å². The summed E-state index contributed by atoms with van der Waals surface area (Å²) in [7, 11) is 0. The van der Waals surface area contributed by atoms with Crippen LogP contribution in [0.5, 0.6) is 0 Å². The van der Waals surface area contributed by atoms with Crippen molar-refractivity contribution < 1.29 is 0 Å². The Hall–Kier alpha value is -0.0400. The molecule has 0 bridgehead atoms. The highest BCUT2D eigenvalue weighted by molar-refractivity contribution is 4.92. The van der Waals surface area contributed by atoms with Gasteiger partial charge in [-0.25, -0.2) is 0 Å². The Bertz CT molecular complexity index is 300. The summed E-state index contributed by atoms with van der Waals surface area (Å²) >= 11 is 0. The molecule has 0 unspecified atom stereocenters. The lowest BCUT2D eigenvalue weighted by Crippen LogP contribution is -2.45. The predicted molar refractivity (Wildman–Crippen MR) is 89.0 cm³/mol. The third kappa shape index (κ3) is 4.23. The first-order valence-corrected chi connectivity index (χ1v) is 8.82. The van der Waals surface area contributed by atoms with Gasteiger partial charge < -0.3 is 4.90 Å². The second-order valence-corrected chi connectivity index (χ2v) is 9.98. The Labute approximate surface area is 127 Å². The molecule has 2 aliphatic rings. The van der Waals surface area contributed by atoms with E-state index in [0.29, 0.717) is 10.8 Å². The van der Waals surface area contributed by atoms with Gasteiger partial charge in [0.05, 0.1) is 0 Å². The van der Waals surface area contributed by atoms with Crippen molar-refractivity contribution in [3.8, 4) is 0 Å². The van der Waals surface area contributed by atoms with Crippen LogP contribution in [-0.2, 0) is 0 Å². The van der Waals surface area contributed by atoms with Crippen LogP contribution in [-0.4, -0.2) is 24.5 Å². The molecule has 1 saturated heterocycles. The van der Waals surface area contributed by atoms with Gasteiger partial charge in [-0.15, -0.1) is 0 Å². The fourth-order valence-electron chi connectivity index (χ4n) is 4.45. The summed E-state index contributed by atoms with van der Waals surface area (Å²) in [4.78, 5) is 2.71. The summed E-state index contributed by atoms with van der Waals surface area (Å²) in [5.74, 6) is 0.959. The van der Waals surface area contributed by atoms with E-state index in [1.165, 1.54) is 58.2 Å². The highest BCUT2D eigenvalue weighted by atomic mass is 15.1. The average Bonchev–Trinajstić information content (AvgIpc) is 2.30. The minimum Gasteiger partial charge on any atom is -0.303 e. The first-order valence-electron chi connectivity index (χ1n) is 8.82. The lowest BCUT2D eigenvalue weighted by molar-refractivity contribution is 0.0198. The summed E-state index contributed by atoms with van der Waals surface area (Å²) in [6.45, 7) is 18.4. The van der Waals surface area contributed by atoms with Crippen molar-refractivity contribution in [2.75, 3.05) is 19.6 Å². The van der Waals surface area contributed by atoms with Crippen LogP contribution < -0.4 is 0 Å². The molecule has 0 atom stereocenters. The summed E-state index contributed by atoms with van der Waals surface area (Å²) in [6, 6.07) is 0. The number of piperidine rings is 1. The maximum absolute atomic E-state index is 2.71. The quantitative estimate of drug-likeness (QED) is 0.625. The second kappa shape index (κ2) is 5.63. The van der Waals surface area contributed by atoms with Crippen LogP contribution in [0.25, 0.3) is 0 Å². The van der Waals surface area contributed by atoms with Gasteiger partial charge in [-0.05, 0) is 73.8 Å². The predicted octanol–water partition coefficient (Wildman–Crippen LogP) is 5.35. The number of hydrogen-bond acceptors (Lipinski definition) is 1. The smallest absolute Gasteiger partial charge is 0.00300 e. The Morgan fingerprint density at radius 1 is 0.850 bits per heavy atom. The average molecular weight is 280 g/mol. The third-order valence-corrected chi connectivity index (χ3v) is 5.89. The van der Waals surface area contributed by atoms with Crippen LogP contribution in [0.1, 0.15) is 80.1 Å². The van der Waals surface area contributed by atoms with E-state index in [2.05, 4.69) is 46.4 Å². The van der Waals surface area contributed by atoms with Crippen LogP contribution in [0.4, 0.5) is 0 Å². The standard InChI is InChI=1S/C19H37N/c1-17(2,3)15-20-13-11-19(12-14-20)9-7-16(8-10-19)18(4,5)6/h16H,7-15H2,1-6H3. The number of rotatable bonds is 1. The molecule has 0 aromatic heterocycles. The molecule has 0 N–H and O–H groups in total. The minimum absolute atomic E-state index is 0.453. The molecular formula is C19H37N. The van der Waals surface area contributed by atoms with E-state index >= 15 is 0 Å². The van der Waals surface area contributed by atoms with Crippen LogP contribution in [0.2, 0.25) is 0 Å². The van der Waals surface area contributed by atoms with E-state index in [-0.39, 0.29) is 0 Å². The van der Waals surface area contributed by atoms with Gasteiger partial charge in [-0.3, -0.25) is 0 Å². The first kappa shape index (κ1) is 16.3. The molecule has 2 rings (SSSR count). The first-order chi connectivity index (χ1) is 9.10. The van der Waals surface area contributed by atoms with E-state index < -0.39 is 0 Å². The summed E-state index contributed by atoms with van der Waals surface area (Å²) in [6.07, 6.45) is 8.86. The molecule has 118 valence electrons. The van der Waals surface area contributed by atoms with Gasteiger partial charge in [0, 0.05) is 6.54 Å². The lowest BCUT2D eigenvalue weighted by Gasteiger charge is -2.49. The molecule has 1 saturated carbocycles. The molecule has 20 heavy (non-hydrogen) atoms. The molecule has 1 spiro atoms. The molecule has 0 aromatic carbocycles. The van der Waals surface area contributed by atoms with Crippen molar-refractivity contribution >= 4 is 0 Å². The number of likely N-dealkylation sites (tertiary alicyclic amines) is 1. The Kier molecular flexibility index (Phi) is 4.60. The van der Waals surface area contributed by atoms with Gasteiger partial charge in [0.2, 0.25) is 0 Å². The molecular weight excluding hydrogens is 242 g/mol. The van der Waals surface area contributed by atoms with Gasteiger partial charge in [0.15, 0.2) is 0 Å². The molecule has 2 fully saturated rings. The van der Waals surface area contributed by atoms with Crippen molar-refractivity contribution in [2.45, 2.75) is 80.1 Å². The maximum atomic E-state index is 2.71. The van der Waals surface area contributed by atoms with E-state index in [1.54, 1.807) is 0 Å². The van der Waals surface area contributed by atoms with Crippen LogP contribution in [0.3, 0.4) is 0 Å². The van der Waals surface area contributed by atoms with E-state index in [0.717, 1.165) is 11.3 Å². The second-order valence-electron chi connectivity index (χ2n) is 9.98. The van der Waals surface area contributed by atoms with Crippen LogP contribution in [0.15, 0.2) is 0 Å². The van der Waals surface area contributed by atoms with E-state index in [4.69, 9.17) is 0 Å². The fraction of sp³-hybridized carbons (Fsp3) is 1.00. The van der Waals surface area contributed by atoms with E-state index in [9.17, 15) is 0 Å². The molecule has 1 heteroatoms.